The lowest BCUT2D eigenvalue weighted by atomic mass is 9.69. The maximum absolute atomic E-state index is 5.87. The summed E-state index contributed by atoms with van der Waals surface area (Å²) in [5.41, 5.74) is 10.8. The topological polar surface area (TPSA) is 50.9 Å². The molecule has 0 radical (unpaired) electrons. The summed E-state index contributed by atoms with van der Waals surface area (Å²) in [6.45, 7) is 12.9. The van der Waals surface area contributed by atoms with Gasteiger partial charge in [0.05, 0.1) is 0 Å². The van der Waals surface area contributed by atoms with E-state index in [9.17, 15) is 0 Å². The minimum absolute atomic E-state index is 0.181. The predicted octanol–water partition coefficient (Wildman–Crippen LogP) is 4.69. The third-order valence-electron chi connectivity index (χ3n) is 4.99. The summed E-state index contributed by atoms with van der Waals surface area (Å²) in [4.78, 5) is 4.21. The van der Waals surface area contributed by atoms with E-state index in [1.165, 1.54) is 0 Å². The monoisotopic (exact) mass is 311 g/mol. The maximum atomic E-state index is 5.87. The van der Waals surface area contributed by atoms with Gasteiger partial charge in [-0.2, -0.15) is 0 Å². The van der Waals surface area contributed by atoms with Crippen molar-refractivity contribution in [1.29, 1.82) is 0 Å². The molecule has 1 aromatic carbocycles. The minimum Gasteiger partial charge on any atom is -0.384 e. The number of hydrogen-bond donors (Lipinski definition) is 2. The zero-order chi connectivity index (χ0) is 17.1. The molecule has 0 unspecified atom stereocenters. The first-order chi connectivity index (χ1) is 10.7. The van der Waals surface area contributed by atoms with Crippen molar-refractivity contribution in [3.63, 3.8) is 0 Å². The van der Waals surface area contributed by atoms with Crippen molar-refractivity contribution < 1.29 is 0 Å². The van der Waals surface area contributed by atoms with Gasteiger partial charge in [-0.05, 0) is 46.2 Å². The maximum Gasteiger partial charge on any atom is 0.0349 e. The number of nitrogens with one attached hydrogen (secondary N) is 1. The molecule has 0 aliphatic rings. The van der Waals surface area contributed by atoms with Gasteiger partial charge in [0.15, 0.2) is 0 Å². The summed E-state index contributed by atoms with van der Waals surface area (Å²) < 4.78 is 0. The Morgan fingerprint density at radius 2 is 1.78 bits per heavy atom. The lowest BCUT2D eigenvalue weighted by Crippen LogP contribution is -2.36. The van der Waals surface area contributed by atoms with Gasteiger partial charge in [0.1, 0.15) is 0 Å². The van der Waals surface area contributed by atoms with Gasteiger partial charge in [0, 0.05) is 36.7 Å². The smallest absolute Gasteiger partial charge is 0.0349 e. The molecule has 3 nitrogen and oxygen atoms in total. The third kappa shape index (κ3) is 4.32. The van der Waals surface area contributed by atoms with Crippen LogP contribution in [0.1, 0.15) is 40.2 Å². The number of hydrogen-bond acceptors (Lipinski definition) is 3. The Morgan fingerprint density at radius 1 is 1.04 bits per heavy atom. The van der Waals surface area contributed by atoms with Crippen LogP contribution >= 0.6 is 0 Å². The van der Waals surface area contributed by atoms with Crippen LogP contribution in [0.2, 0.25) is 0 Å². The van der Waals surface area contributed by atoms with Crippen molar-refractivity contribution in [2.75, 3.05) is 11.9 Å². The molecule has 0 fully saturated rings. The Labute approximate surface area is 140 Å². The zero-order valence-corrected chi connectivity index (χ0v) is 15.0. The van der Waals surface area contributed by atoms with Crippen LogP contribution in [0.25, 0.3) is 11.1 Å². The van der Waals surface area contributed by atoms with Gasteiger partial charge >= 0.3 is 0 Å². The highest BCUT2D eigenvalue weighted by atomic mass is 14.9. The Kier molecular flexibility index (Phi) is 5.10. The fourth-order valence-electron chi connectivity index (χ4n) is 2.20. The summed E-state index contributed by atoms with van der Waals surface area (Å²) in [5, 5.41) is 3.60. The van der Waals surface area contributed by atoms with Crippen molar-refractivity contribution >= 4 is 5.69 Å². The predicted molar refractivity (Wildman–Crippen MR) is 99.3 cm³/mol. The number of rotatable bonds is 5. The van der Waals surface area contributed by atoms with Gasteiger partial charge < -0.3 is 11.1 Å². The lowest BCUT2D eigenvalue weighted by molar-refractivity contribution is 0.148. The van der Waals surface area contributed by atoms with E-state index in [2.05, 4.69) is 69.2 Å². The van der Waals surface area contributed by atoms with E-state index >= 15 is 0 Å². The minimum atomic E-state index is 0.181. The fourth-order valence-corrected chi connectivity index (χ4v) is 2.20. The normalized spacial score (nSPS) is 12.3. The van der Waals surface area contributed by atoms with Crippen LogP contribution in [0.4, 0.5) is 5.69 Å². The van der Waals surface area contributed by atoms with E-state index in [4.69, 9.17) is 5.73 Å². The quantitative estimate of drug-likeness (QED) is 0.842. The lowest BCUT2D eigenvalue weighted by Gasteiger charge is -2.39. The average molecular weight is 311 g/mol. The first kappa shape index (κ1) is 17.5. The molecule has 0 amide bonds. The van der Waals surface area contributed by atoms with Crippen molar-refractivity contribution in [3.05, 3.63) is 48.3 Å². The first-order valence-electron chi connectivity index (χ1n) is 8.21. The zero-order valence-electron chi connectivity index (χ0n) is 15.0. The molecule has 3 N–H and O–H groups in total. The van der Waals surface area contributed by atoms with Crippen LogP contribution < -0.4 is 11.1 Å². The summed E-state index contributed by atoms with van der Waals surface area (Å²) in [7, 11) is 0. The molecule has 1 aromatic heterocycles. The van der Waals surface area contributed by atoms with Crippen LogP contribution in [-0.2, 0) is 6.54 Å². The standard InChI is InChI=1S/C20H29N3/c1-19(2,3)20(4,5)14-23-18-10-15(12-21)9-17(11-18)16-7-6-8-22-13-16/h6-11,13,23H,12,14,21H2,1-5H3. The molecule has 2 rings (SSSR count). The molecule has 0 bridgehead atoms. The Balaban J connectivity index is 2.26. The fraction of sp³-hybridized carbons (Fsp3) is 0.450. The van der Waals surface area contributed by atoms with Crippen molar-refractivity contribution in [2.45, 2.75) is 41.2 Å². The van der Waals surface area contributed by atoms with Crippen LogP contribution in [0.3, 0.4) is 0 Å². The van der Waals surface area contributed by atoms with Gasteiger partial charge in [-0.25, -0.2) is 0 Å². The molecule has 0 saturated carbocycles. The molecular formula is C20H29N3. The highest BCUT2D eigenvalue weighted by Gasteiger charge is 2.32. The number of pyridine rings is 1. The van der Waals surface area contributed by atoms with E-state index in [0.717, 1.165) is 28.9 Å². The Bertz CT molecular complexity index is 640. The van der Waals surface area contributed by atoms with Crippen molar-refractivity contribution in [3.8, 4) is 11.1 Å². The molecule has 0 saturated heterocycles. The van der Waals surface area contributed by atoms with E-state index in [1.807, 2.05) is 12.3 Å². The van der Waals surface area contributed by atoms with Gasteiger partial charge in [-0.3, -0.25) is 4.98 Å². The molecule has 124 valence electrons. The summed E-state index contributed by atoms with van der Waals surface area (Å²) >= 11 is 0. The Morgan fingerprint density at radius 3 is 2.35 bits per heavy atom. The molecule has 1 heterocycles. The molecule has 0 aliphatic heterocycles. The second-order valence-corrected chi connectivity index (χ2v) is 7.85. The van der Waals surface area contributed by atoms with Crippen LogP contribution in [0.15, 0.2) is 42.7 Å². The molecule has 0 atom stereocenters. The second kappa shape index (κ2) is 6.71. The average Bonchev–Trinajstić information content (AvgIpc) is 2.52. The van der Waals surface area contributed by atoms with E-state index in [1.54, 1.807) is 6.20 Å². The van der Waals surface area contributed by atoms with Gasteiger partial charge in [0.25, 0.3) is 0 Å². The molecule has 3 heteroatoms. The molecule has 2 aromatic rings. The summed E-state index contributed by atoms with van der Waals surface area (Å²) in [5.74, 6) is 0. The van der Waals surface area contributed by atoms with Crippen LogP contribution in [0.5, 0.6) is 0 Å². The summed E-state index contributed by atoms with van der Waals surface area (Å²) in [6, 6.07) is 10.5. The number of nitrogens with zero attached hydrogens (tertiary/aromatic N) is 1. The first-order valence-corrected chi connectivity index (χ1v) is 8.21. The second-order valence-electron chi connectivity index (χ2n) is 7.85. The van der Waals surface area contributed by atoms with Crippen LogP contribution in [-0.4, -0.2) is 11.5 Å². The summed E-state index contributed by atoms with van der Waals surface area (Å²) in [6.07, 6.45) is 3.68. The highest BCUT2D eigenvalue weighted by molar-refractivity contribution is 5.68. The van der Waals surface area contributed by atoms with E-state index < -0.39 is 0 Å². The van der Waals surface area contributed by atoms with Gasteiger partial charge in [-0.15, -0.1) is 0 Å². The largest absolute Gasteiger partial charge is 0.384 e. The third-order valence-corrected chi connectivity index (χ3v) is 4.99. The molecule has 0 spiro atoms. The number of nitrogens with two attached hydrogens (primary N) is 1. The number of benzene rings is 1. The highest BCUT2D eigenvalue weighted by Crippen LogP contribution is 2.38. The van der Waals surface area contributed by atoms with Gasteiger partial charge in [0.2, 0.25) is 0 Å². The van der Waals surface area contributed by atoms with Crippen LogP contribution in [0, 0.1) is 10.8 Å². The Hall–Kier alpha value is -1.87. The van der Waals surface area contributed by atoms with Gasteiger partial charge in [-0.1, -0.05) is 40.7 Å². The molecule has 23 heavy (non-hydrogen) atoms. The number of aromatic nitrogens is 1. The number of anilines is 1. The van der Waals surface area contributed by atoms with Crippen molar-refractivity contribution in [1.82, 2.24) is 4.98 Å². The van der Waals surface area contributed by atoms with E-state index in [-0.39, 0.29) is 10.8 Å². The van der Waals surface area contributed by atoms with Crippen molar-refractivity contribution in [2.24, 2.45) is 16.6 Å². The SMILES string of the molecule is CC(C)(C)C(C)(C)CNc1cc(CN)cc(-c2cccnc2)c1. The molecular weight excluding hydrogens is 282 g/mol. The van der Waals surface area contributed by atoms with E-state index in [0.29, 0.717) is 6.54 Å². The molecule has 0 aliphatic carbocycles.